The van der Waals surface area contributed by atoms with Crippen LogP contribution in [0.1, 0.15) is 31.4 Å². The maximum absolute atomic E-state index is 12.7. The Hall–Kier alpha value is -2.83. The smallest absolute Gasteiger partial charge is 0.290 e. The molecule has 0 spiro atoms. The van der Waals surface area contributed by atoms with Crippen molar-refractivity contribution in [3.63, 3.8) is 0 Å². The van der Waals surface area contributed by atoms with E-state index in [4.69, 9.17) is 20.3 Å². The van der Waals surface area contributed by atoms with Crippen molar-refractivity contribution in [2.45, 2.75) is 39.8 Å². The minimum atomic E-state index is -0.515. The van der Waals surface area contributed by atoms with E-state index in [1.807, 2.05) is 42.5 Å². The van der Waals surface area contributed by atoms with Gasteiger partial charge in [-0.3, -0.25) is 4.79 Å². The first-order valence-electron chi connectivity index (χ1n) is 9.81. The lowest BCUT2D eigenvalue weighted by Gasteiger charge is -2.31. The monoisotopic (exact) mass is 396 g/mol. The van der Waals surface area contributed by atoms with Crippen LogP contribution < -0.4 is 11.1 Å². The number of anilines is 2. The van der Waals surface area contributed by atoms with E-state index in [0.717, 1.165) is 11.1 Å². The third kappa shape index (κ3) is 5.59. The Morgan fingerprint density at radius 3 is 2.55 bits per heavy atom. The van der Waals surface area contributed by atoms with Crippen LogP contribution in [0.5, 0.6) is 0 Å². The number of nitrogens with one attached hydrogen (secondary N) is 1. The molecule has 1 aliphatic rings. The molecule has 0 bridgehead atoms. The number of hydrogen-bond donors (Lipinski definition) is 3. The number of carbonyl (C=O) groups is 1. The summed E-state index contributed by atoms with van der Waals surface area (Å²) in [6.07, 6.45) is 2.03. The van der Waals surface area contributed by atoms with Gasteiger partial charge in [-0.15, -0.1) is 0 Å². The normalized spacial score (nSPS) is 18.8. The third-order valence-corrected chi connectivity index (χ3v) is 5.02. The van der Waals surface area contributed by atoms with E-state index in [1.165, 1.54) is 0 Å². The first-order valence-corrected chi connectivity index (χ1v) is 9.81. The van der Waals surface area contributed by atoms with Gasteiger partial charge in [-0.25, -0.2) is 0 Å². The van der Waals surface area contributed by atoms with Gasteiger partial charge in [0.15, 0.2) is 5.76 Å². The molecule has 0 saturated heterocycles. The summed E-state index contributed by atoms with van der Waals surface area (Å²) in [5, 5.41) is 12.0. The molecule has 0 radical (unpaired) electrons. The molecule has 1 aliphatic heterocycles. The largest absolute Gasteiger partial charge is 0.459 e. The Kier molecular flexibility index (Phi) is 6.90. The van der Waals surface area contributed by atoms with E-state index in [2.05, 4.69) is 19.2 Å². The van der Waals surface area contributed by atoms with Crippen LogP contribution in [0.2, 0.25) is 0 Å². The summed E-state index contributed by atoms with van der Waals surface area (Å²) in [6, 6.07) is 14.7. The molecular weight excluding hydrogens is 368 g/mol. The zero-order valence-corrected chi connectivity index (χ0v) is 16.8. The van der Waals surface area contributed by atoms with E-state index in [-0.39, 0.29) is 24.2 Å². The van der Waals surface area contributed by atoms with Gasteiger partial charge in [0.1, 0.15) is 0 Å². The maximum Gasteiger partial charge on any atom is 0.290 e. The minimum absolute atomic E-state index is 0.0120. The molecule has 0 fully saturated rings. The average Bonchev–Trinajstić information content (AvgIpc) is 2.74. The molecule has 29 heavy (non-hydrogen) atoms. The van der Waals surface area contributed by atoms with Crippen LogP contribution in [-0.4, -0.2) is 17.3 Å². The molecule has 1 amide bonds. The molecule has 2 aromatic rings. The summed E-state index contributed by atoms with van der Waals surface area (Å²) in [5.41, 5.74) is 8.79. The van der Waals surface area contributed by atoms with E-state index >= 15 is 0 Å². The third-order valence-electron chi connectivity index (χ3n) is 5.02. The standard InChI is InChI=1S/C23H28N2O4/c1-15(2)18-11-21(23(27)25-20-6-4-3-5-19(20)24)29-22(12-18)28-14-17-9-7-16(13-26)8-10-17/h3-11,15,18,22,26H,12-14,24H2,1-2H3,(H,25,27)/t18-,22+/m0/s1. The number of amides is 1. The van der Waals surface area contributed by atoms with Crippen LogP contribution in [0.4, 0.5) is 11.4 Å². The number of nitrogens with two attached hydrogens (primary N) is 1. The molecule has 0 aromatic heterocycles. The Balaban J connectivity index is 1.66. The van der Waals surface area contributed by atoms with Crippen LogP contribution in [0.15, 0.2) is 60.4 Å². The SMILES string of the molecule is CC(C)[C@H]1C=C(C(=O)Nc2ccccc2N)O[C@@H](OCc2ccc(CO)cc2)C1. The van der Waals surface area contributed by atoms with Gasteiger partial charge in [0.05, 0.1) is 24.6 Å². The maximum atomic E-state index is 12.7. The van der Waals surface area contributed by atoms with Crippen molar-refractivity contribution in [2.24, 2.45) is 11.8 Å². The lowest BCUT2D eigenvalue weighted by atomic mass is 9.90. The van der Waals surface area contributed by atoms with Gasteiger partial charge in [-0.2, -0.15) is 0 Å². The minimum Gasteiger partial charge on any atom is -0.459 e. The van der Waals surface area contributed by atoms with Crippen molar-refractivity contribution in [1.29, 1.82) is 0 Å². The molecule has 2 aromatic carbocycles. The number of rotatable bonds is 7. The topological polar surface area (TPSA) is 93.8 Å². The number of aliphatic hydroxyl groups is 1. The van der Waals surface area contributed by atoms with E-state index in [1.54, 1.807) is 12.1 Å². The molecule has 3 rings (SSSR count). The fraction of sp³-hybridized carbons (Fsp3) is 0.348. The highest BCUT2D eigenvalue weighted by atomic mass is 16.7. The number of hydrogen-bond acceptors (Lipinski definition) is 5. The second-order valence-corrected chi connectivity index (χ2v) is 7.55. The Labute approximate surface area is 171 Å². The zero-order chi connectivity index (χ0) is 20.8. The Morgan fingerprint density at radius 2 is 1.90 bits per heavy atom. The summed E-state index contributed by atoms with van der Waals surface area (Å²) in [6.45, 7) is 4.60. The van der Waals surface area contributed by atoms with E-state index < -0.39 is 6.29 Å². The van der Waals surface area contributed by atoms with Gasteiger partial charge < -0.3 is 25.6 Å². The highest BCUT2D eigenvalue weighted by Crippen LogP contribution is 2.30. The van der Waals surface area contributed by atoms with E-state index in [9.17, 15) is 4.79 Å². The molecule has 2 atom stereocenters. The fourth-order valence-electron chi connectivity index (χ4n) is 3.13. The summed E-state index contributed by atoms with van der Waals surface area (Å²) in [4.78, 5) is 12.7. The molecule has 1 heterocycles. The van der Waals surface area contributed by atoms with Crippen molar-refractivity contribution in [3.05, 3.63) is 71.5 Å². The molecule has 4 N–H and O–H groups in total. The van der Waals surface area contributed by atoms with Crippen LogP contribution in [-0.2, 0) is 27.5 Å². The molecule has 6 nitrogen and oxygen atoms in total. The number of nitrogen functional groups attached to an aromatic ring is 1. The molecule has 6 heteroatoms. The second kappa shape index (κ2) is 9.58. The predicted molar refractivity (Wildman–Crippen MR) is 113 cm³/mol. The quantitative estimate of drug-likeness (QED) is 0.619. The first-order chi connectivity index (χ1) is 14.0. The summed E-state index contributed by atoms with van der Waals surface area (Å²) >= 11 is 0. The zero-order valence-electron chi connectivity index (χ0n) is 16.8. The lowest BCUT2D eigenvalue weighted by molar-refractivity contribution is -0.152. The van der Waals surface area contributed by atoms with Crippen molar-refractivity contribution in [3.8, 4) is 0 Å². The summed E-state index contributed by atoms with van der Waals surface area (Å²) in [7, 11) is 0. The Morgan fingerprint density at radius 1 is 1.21 bits per heavy atom. The van der Waals surface area contributed by atoms with Crippen molar-refractivity contribution < 1.29 is 19.4 Å². The fourth-order valence-corrected chi connectivity index (χ4v) is 3.13. The van der Waals surface area contributed by atoms with Crippen LogP contribution in [0.3, 0.4) is 0 Å². The van der Waals surface area contributed by atoms with Crippen molar-refractivity contribution in [2.75, 3.05) is 11.1 Å². The Bertz CT molecular complexity index is 861. The number of benzene rings is 2. The number of aliphatic hydroxyl groups excluding tert-OH is 1. The highest BCUT2D eigenvalue weighted by Gasteiger charge is 2.29. The number of carbonyl (C=O) groups excluding carboxylic acids is 1. The number of ether oxygens (including phenoxy) is 2. The van der Waals surface area contributed by atoms with Crippen LogP contribution in [0.25, 0.3) is 0 Å². The van der Waals surface area contributed by atoms with Gasteiger partial charge in [0.25, 0.3) is 5.91 Å². The highest BCUT2D eigenvalue weighted by molar-refractivity contribution is 6.04. The molecule has 0 aliphatic carbocycles. The lowest BCUT2D eigenvalue weighted by Crippen LogP contribution is -2.31. The summed E-state index contributed by atoms with van der Waals surface area (Å²) < 4.78 is 11.8. The van der Waals surface area contributed by atoms with E-state index in [0.29, 0.717) is 30.3 Å². The van der Waals surface area contributed by atoms with Crippen molar-refractivity contribution in [1.82, 2.24) is 0 Å². The summed E-state index contributed by atoms with van der Waals surface area (Å²) in [5.74, 6) is 0.422. The molecular formula is C23H28N2O4. The van der Waals surface area contributed by atoms with Gasteiger partial charge in [0.2, 0.25) is 6.29 Å². The predicted octanol–water partition coefficient (Wildman–Crippen LogP) is 3.82. The average molecular weight is 396 g/mol. The van der Waals surface area contributed by atoms with Gasteiger partial charge in [-0.05, 0) is 41.2 Å². The van der Waals surface area contributed by atoms with Crippen LogP contribution in [0, 0.1) is 11.8 Å². The first kappa shape index (κ1) is 20.9. The molecule has 154 valence electrons. The molecule has 0 unspecified atom stereocenters. The van der Waals surface area contributed by atoms with Crippen molar-refractivity contribution >= 4 is 17.3 Å². The second-order valence-electron chi connectivity index (χ2n) is 7.55. The van der Waals surface area contributed by atoms with Gasteiger partial charge >= 0.3 is 0 Å². The van der Waals surface area contributed by atoms with Crippen LogP contribution >= 0.6 is 0 Å². The van der Waals surface area contributed by atoms with Gasteiger partial charge in [0, 0.05) is 6.42 Å². The number of para-hydroxylation sites is 2. The number of allylic oxidation sites excluding steroid dienone is 1. The van der Waals surface area contributed by atoms with Gasteiger partial charge in [-0.1, -0.05) is 50.2 Å². The molecule has 0 saturated carbocycles.